The number of carbonyl (C=O) groups excluding carboxylic acids is 2. The van der Waals surface area contributed by atoms with Gasteiger partial charge in [-0.15, -0.1) is 0 Å². The van der Waals surface area contributed by atoms with Gasteiger partial charge in [0, 0.05) is 30.1 Å². The fourth-order valence-electron chi connectivity index (χ4n) is 2.73. The van der Waals surface area contributed by atoms with Gasteiger partial charge in [0.25, 0.3) is 0 Å². The highest BCUT2D eigenvalue weighted by atomic mass is 16.2. The zero-order valence-electron chi connectivity index (χ0n) is 12.5. The Morgan fingerprint density at radius 2 is 1.59 bits per heavy atom. The quantitative estimate of drug-likeness (QED) is 0.526. The Hall–Kier alpha value is -2.46. The first-order valence-electron chi connectivity index (χ1n) is 7.42. The van der Waals surface area contributed by atoms with Gasteiger partial charge in [0.1, 0.15) is 0 Å². The summed E-state index contributed by atoms with van der Waals surface area (Å²) in [5, 5.41) is 3.11. The maximum Gasteiger partial charge on any atom is 0.198 e. The average molecular weight is 294 g/mol. The molecule has 0 spiro atoms. The molecule has 0 fully saturated rings. The highest BCUT2D eigenvalue weighted by Crippen LogP contribution is 2.30. The fraction of sp³-hybridized carbons (Fsp3) is 0.222. The Morgan fingerprint density at radius 1 is 1.00 bits per heavy atom. The van der Waals surface area contributed by atoms with Crippen LogP contribution in [-0.2, 0) is 0 Å². The zero-order chi connectivity index (χ0) is 15.5. The molecule has 1 heterocycles. The van der Waals surface area contributed by atoms with E-state index in [0.717, 1.165) is 19.5 Å². The molecule has 0 saturated carbocycles. The van der Waals surface area contributed by atoms with Gasteiger partial charge in [-0.1, -0.05) is 24.3 Å². The number of hydrogen-bond donors (Lipinski definition) is 1. The van der Waals surface area contributed by atoms with Crippen molar-refractivity contribution in [3.05, 3.63) is 71.1 Å². The molecule has 1 N–H and O–H groups in total. The molecule has 0 radical (unpaired) electrons. The fourth-order valence-corrected chi connectivity index (χ4v) is 2.73. The monoisotopic (exact) mass is 294 g/mol. The molecule has 0 amide bonds. The number of ketones is 2. The molecule has 1 aliphatic heterocycles. The molecule has 1 aliphatic carbocycles. The van der Waals surface area contributed by atoms with E-state index < -0.39 is 0 Å². The number of carbonyl (C=O) groups is 2. The summed E-state index contributed by atoms with van der Waals surface area (Å²) < 4.78 is 0. The summed E-state index contributed by atoms with van der Waals surface area (Å²) in [6.45, 7) is 1.86. The van der Waals surface area contributed by atoms with Gasteiger partial charge in [0.2, 0.25) is 0 Å². The molecule has 22 heavy (non-hydrogen) atoms. The van der Waals surface area contributed by atoms with Crippen LogP contribution in [0, 0.1) is 0 Å². The van der Waals surface area contributed by atoms with Crippen molar-refractivity contribution in [3.63, 3.8) is 0 Å². The molecule has 4 heteroatoms. The summed E-state index contributed by atoms with van der Waals surface area (Å²) >= 11 is 0. The molecule has 112 valence electrons. The predicted molar refractivity (Wildman–Crippen MR) is 85.7 cm³/mol. The van der Waals surface area contributed by atoms with E-state index in [0.29, 0.717) is 16.7 Å². The topological polar surface area (TPSA) is 49.4 Å². The van der Waals surface area contributed by atoms with Crippen LogP contribution in [0.3, 0.4) is 0 Å². The third kappa shape index (κ3) is 2.53. The van der Waals surface area contributed by atoms with E-state index in [4.69, 9.17) is 0 Å². The van der Waals surface area contributed by atoms with Gasteiger partial charge in [-0.2, -0.15) is 0 Å². The number of nitrogens with zero attached hydrogens (tertiary/aromatic N) is 1. The number of hydrogen-bond acceptors (Lipinski definition) is 4. The maximum absolute atomic E-state index is 12.4. The Balaban J connectivity index is 1.82. The molecule has 0 aromatic heterocycles. The standard InChI is InChI=1S/C18H18N2O2/c1-19-9-4-10-20-11-7-13(8-12-20)16-17(21)14-5-2-3-6-15(14)18(16)22/h2-3,5-8,11-12,19H,4,9-10H2,1H3. The first-order valence-corrected chi connectivity index (χ1v) is 7.42. The van der Waals surface area contributed by atoms with Crippen LogP contribution in [0.1, 0.15) is 27.1 Å². The van der Waals surface area contributed by atoms with Crippen LogP contribution in [0.15, 0.2) is 60.0 Å². The minimum absolute atomic E-state index is 0.173. The molecule has 3 rings (SSSR count). The van der Waals surface area contributed by atoms with Crippen LogP contribution >= 0.6 is 0 Å². The smallest absolute Gasteiger partial charge is 0.198 e. The van der Waals surface area contributed by atoms with Crippen molar-refractivity contribution >= 4 is 11.6 Å². The van der Waals surface area contributed by atoms with Crippen LogP contribution in [0.5, 0.6) is 0 Å². The van der Waals surface area contributed by atoms with Crippen molar-refractivity contribution < 1.29 is 9.59 Å². The molecule has 4 nitrogen and oxygen atoms in total. The van der Waals surface area contributed by atoms with Crippen LogP contribution in [0.25, 0.3) is 0 Å². The van der Waals surface area contributed by atoms with E-state index in [1.54, 1.807) is 24.3 Å². The Labute approximate surface area is 129 Å². The van der Waals surface area contributed by atoms with Gasteiger partial charge >= 0.3 is 0 Å². The summed E-state index contributed by atoms with van der Waals surface area (Å²) in [6, 6.07) is 6.99. The minimum atomic E-state index is -0.173. The lowest BCUT2D eigenvalue weighted by molar-refractivity contribution is 0.0988. The second kappa shape index (κ2) is 6.12. The van der Waals surface area contributed by atoms with E-state index in [9.17, 15) is 9.59 Å². The van der Waals surface area contributed by atoms with E-state index in [2.05, 4.69) is 10.2 Å². The van der Waals surface area contributed by atoms with E-state index in [1.807, 2.05) is 31.6 Å². The average Bonchev–Trinajstić information content (AvgIpc) is 2.81. The highest BCUT2D eigenvalue weighted by Gasteiger charge is 2.34. The number of allylic oxidation sites excluding steroid dienone is 4. The van der Waals surface area contributed by atoms with Crippen molar-refractivity contribution in [2.24, 2.45) is 0 Å². The number of rotatable bonds is 4. The van der Waals surface area contributed by atoms with Crippen molar-refractivity contribution in [1.29, 1.82) is 0 Å². The second-order valence-electron chi connectivity index (χ2n) is 5.36. The predicted octanol–water partition coefficient (Wildman–Crippen LogP) is 2.31. The van der Waals surface area contributed by atoms with Crippen molar-refractivity contribution in [2.75, 3.05) is 20.1 Å². The lowest BCUT2D eigenvalue weighted by atomic mass is 10.0. The first-order chi connectivity index (χ1) is 10.7. The van der Waals surface area contributed by atoms with E-state index in [1.165, 1.54) is 0 Å². The second-order valence-corrected chi connectivity index (χ2v) is 5.36. The molecular formula is C18H18N2O2. The first kappa shape index (κ1) is 14.5. The van der Waals surface area contributed by atoms with Gasteiger partial charge in [0.05, 0.1) is 5.57 Å². The SMILES string of the molecule is CNCCCN1C=CC(=C2C(=O)c3ccccc3C2=O)C=C1. The van der Waals surface area contributed by atoms with E-state index in [-0.39, 0.29) is 17.1 Å². The molecule has 0 saturated heterocycles. The number of benzene rings is 1. The summed E-state index contributed by atoms with van der Waals surface area (Å²) in [5.74, 6) is -0.345. The lowest BCUT2D eigenvalue weighted by Crippen LogP contribution is -2.19. The molecule has 0 unspecified atom stereocenters. The molecule has 0 bridgehead atoms. The number of nitrogens with one attached hydrogen (secondary N) is 1. The van der Waals surface area contributed by atoms with Gasteiger partial charge in [-0.3, -0.25) is 9.59 Å². The Bertz CT molecular complexity index is 661. The van der Waals surface area contributed by atoms with Crippen LogP contribution in [-0.4, -0.2) is 36.6 Å². The maximum atomic E-state index is 12.4. The number of fused-ring (bicyclic) bond motifs is 1. The largest absolute Gasteiger partial charge is 0.354 e. The van der Waals surface area contributed by atoms with E-state index >= 15 is 0 Å². The van der Waals surface area contributed by atoms with Gasteiger partial charge in [-0.25, -0.2) is 0 Å². The highest BCUT2D eigenvalue weighted by molar-refractivity contribution is 6.40. The van der Waals surface area contributed by atoms with Crippen molar-refractivity contribution in [3.8, 4) is 0 Å². The third-order valence-electron chi connectivity index (χ3n) is 3.89. The molecule has 1 aromatic rings. The molecule has 1 aromatic carbocycles. The molecular weight excluding hydrogens is 276 g/mol. The van der Waals surface area contributed by atoms with Crippen LogP contribution < -0.4 is 5.32 Å². The van der Waals surface area contributed by atoms with Crippen LogP contribution in [0.2, 0.25) is 0 Å². The van der Waals surface area contributed by atoms with Gasteiger partial charge in [-0.05, 0) is 37.7 Å². The minimum Gasteiger partial charge on any atom is -0.354 e. The lowest BCUT2D eigenvalue weighted by Gasteiger charge is -2.19. The summed E-state index contributed by atoms with van der Waals surface area (Å²) in [6.07, 6.45) is 8.55. The Morgan fingerprint density at radius 3 is 2.14 bits per heavy atom. The van der Waals surface area contributed by atoms with Gasteiger partial charge in [0.15, 0.2) is 11.6 Å². The summed E-state index contributed by atoms with van der Waals surface area (Å²) in [5.41, 5.74) is 1.99. The van der Waals surface area contributed by atoms with Crippen molar-refractivity contribution in [1.82, 2.24) is 10.2 Å². The molecule has 2 aliphatic rings. The Kier molecular flexibility index (Phi) is 4.02. The molecule has 0 atom stereocenters. The van der Waals surface area contributed by atoms with Crippen LogP contribution in [0.4, 0.5) is 0 Å². The van der Waals surface area contributed by atoms with Gasteiger partial charge < -0.3 is 10.2 Å². The third-order valence-corrected chi connectivity index (χ3v) is 3.89. The zero-order valence-corrected chi connectivity index (χ0v) is 12.5. The number of Topliss-reactive ketones (excluding diaryl/α,β-unsaturated/α-hetero) is 2. The summed E-state index contributed by atoms with van der Waals surface area (Å²) in [4.78, 5) is 26.9. The normalized spacial score (nSPS) is 16.7. The van der Waals surface area contributed by atoms with Crippen molar-refractivity contribution in [2.45, 2.75) is 6.42 Å². The summed E-state index contributed by atoms with van der Waals surface area (Å²) in [7, 11) is 1.93.